The van der Waals surface area contributed by atoms with Gasteiger partial charge in [-0.3, -0.25) is 4.79 Å². The van der Waals surface area contributed by atoms with Gasteiger partial charge in [-0.25, -0.2) is 4.98 Å². The minimum absolute atomic E-state index is 0.200. The van der Waals surface area contributed by atoms with Gasteiger partial charge in [0.15, 0.2) is 6.39 Å². The molecule has 4 nitrogen and oxygen atoms in total. The zero-order chi connectivity index (χ0) is 11.4. The molecule has 15 heavy (non-hydrogen) atoms. The molecule has 0 aliphatic carbocycles. The highest BCUT2D eigenvalue weighted by Gasteiger charge is 2.14. The molecule has 1 N–H and O–H groups in total. The molecule has 0 fully saturated rings. The Balaban J connectivity index is 2.58. The van der Waals surface area contributed by atoms with Crippen LogP contribution in [-0.2, 0) is 11.3 Å². The van der Waals surface area contributed by atoms with Crippen LogP contribution in [0.1, 0.15) is 38.1 Å². The summed E-state index contributed by atoms with van der Waals surface area (Å²) in [5.41, 5.74) is 0.760. The summed E-state index contributed by atoms with van der Waals surface area (Å²) in [6, 6.07) is 0. The molecule has 0 aromatic carbocycles. The van der Waals surface area contributed by atoms with Gasteiger partial charge in [-0.2, -0.15) is 0 Å². The number of oxazole rings is 1. The average molecular weight is 231 g/mol. The average Bonchev–Trinajstić information content (AvgIpc) is 2.61. The number of carbonyl (C=O) groups is 1. The van der Waals surface area contributed by atoms with Crippen LogP contribution >= 0.6 is 11.6 Å². The van der Waals surface area contributed by atoms with E-state index in [1.165, 1.54) is 6.39 Å². The van der Waals surface area contributed by atoms with Crippen LogP contribution in [0.5, 0.6) is 0 Å². The van der Waals surface area contributed by atoms with Crippen molar-refractivity contribution in [1.82, 2.24) is 10.3 Å². The maximum absolute atomic E-state index is 11.2. The molecule has 1 rings (SSSR count). The Morgan fingerprint density at radius 2 is 2.27 bits per heavy atom. The van der Waals surface area contributed by atoms with Crippen molar-refractivity contribution in [2.75, 3.05) is 0 Å². The summed E-state index contributed by atoms with van der Waals surface area (Å²) in [4.78, 5) is 15.3. The lowest BCUT2D eigenvalue weighted by atomic mass is 10.1. The SMILES string of the molecule is CC(Cl)C(=O)NCc1ncoc1C(C)C. The fraction of sp³-hybridized carbons (Fsp3) is 0.600. The van der Waals surface area contributed by atoms with Crippen molar-refractivity contribution in [3.8, 4) is 0 Å². The lowest BCUT2D eigenvalue weighted by molar-refractivity contribution is -0.120. The largest absolute Gasteiger partial charge is 0.448 e. The monoisotopic (exact) mass is 230 g/mol. The Morgan fingerprint density at radius 1 is 1.60 bits per heavy atom. The van der Waals surface area contributed by atoms with E-state index in [1.807, 2.05) is 13.8 Å². The summed E-state index contributed by atoms with van der Waals surface area (Å²) in [5.74, 6) is 0.861. The molecule has 1 aromatic rings. The molecule has 5 heteroatoms. The first-order chi connectivity index (χ1) is 7.02. The van der Waals surface area contributed by atoms with Crippen molar-refractivity contribution in [1.29, 1.82) is 0 Å². The van der Waals surface area contributed by atoms with Crippen molar-refractivity contribution < 1.29 is 9.21 Å². The van der Waals surface area contributed by atoms with Crippen LogP contribution in [0.15, 0.2) is 10.8 Å². The predicted octanol–water partition coefficient (Wildman–Crippen LogP) is 2.04. The van der Waals surface area contributed by atoms with E-state index in [-0.39, 0.29) is 11.8 Å². The third-order valence-corrected chi connectivity index (χ3v) is 2.19. The van der Waals surface area contributed by atoms with Gasteiger partial charge in [0.25, 0.3) is 0 Å². The number of aromatic nitrogens is 1. The van der Waals surface area contributed by atoms with Crippen LogP contribution in [0, 0.1) is 0 Å². The van der Waals surface area contributed by atoms with E-state index in [0.717, 1.165) is 11.5 Å². The fourth-order valence-electron chi connectivity index (χ4n) is 1.19. The maximum atomic E-state index is 11.2. The number of carbonyl (C=O) groups excluding carboxylic acids is 1. The minimum atomic E-state index is -0.528. The third kappa shape index (κ3) is 3.23. The predicted molar refractivity (Wildman–Crippen MR) is 57.8 cm³/mol. The number of halogens is 1. The molecule has 0 bridgehead atoms. The van der Waals surface area contributed by atoms with Crippen molar-refractivity contribution in [2.24, 2.45) is 0 Å². The van der Waals surface area contributed by atoms with Crippen LogP contribution in [0.2, 0.25) is 0 Å². The molecular formula is C10H15ClN2O2. The Kier molecular flexibility index (Phi) is 4.15. The second-order valence-corrected chi connectivity index (χ2v) is 4.31. The third-order valence-electron chi connectivity index (χ3n) is 1.99. The van der Waals surface area contributed by atoms with Crippen LogP contribution in [0.25, 0.3) is 0 Å². The number of amides is 1. The summed E-state index contributed by atoms with van der Waals surface area (Å²) in [6.45, 7) is 6.01. The van der Waals surface area contributed by atoms with E-state index in [0.29, 0.717) is 6.54 Å². The molecule has 1 unspecified atom stereocenters. The van der Waals surface area contributed by atoms with Gasteiger partial charge in [0.05, 0.1) is 6.54 Å². The Hall–Kier alpha value is -1.03. The fourth-order valence-corrected chi connectivity index (χ4v) is 1.27. The smallest absolute Gasteiger partial charge is 0.238 e. The second kappa shape index (κ2) is 5.16. The van der Waals surface area contributed by atoms with Gasteiger partial charge in [0.2, 0.25) is 5.91 Å². The van der Waals surface area contributed by atoms with E-state index in [2.05, 4.69) is 10.3 Å². The normalized spacial score (nSPS) is 12.9. The summed E-state index contributed by atoms with van der Waals surface area (Å²) >= 11 is 5.61. The summed E-state index contributed by atoms with van der Waals surface area (Å²) in [5, 5.41) is 2.16. The highest BCUT2D eigenvalue weighted by Crippen LogP contribution is 2.17. The number of alkyl halides is 1. The number of hydrogen-bond acceptors (Lipinski definition) is 3. The minimum Gasteiger partial charge on any atom is -0.448 e. The Morgan fingerprint density at radius 3 is 2.80 bits per heavy atom. The summed E-state index contributed by atoms with van der Waals surface area (Å²) in [6.07, 6.45) is 1.39. The van der Waals surface area contributed by atoms with E-state index in [9.17, 15) is 4.79 Å². The zero-order valence-corrected chi connectivity index (χ0v) is 9.84. The molecule has 1 atom stereocenters. The highest BCUT2D eigenvalue weighted by molar-refractivity contribution is 6.30. The van der Waals surface area contributed by atoms with Crippen LogP contribution in [-0.4, -0.2) is 16.3 Å². The van der Waals surface area contributed by atoms with Gasteiger partial charge in [-0.05, 0) is 6.92 Å². The molecule has 1 amide bonds. The van der Waals surface area contributed by atoms with E-state index >= 15 is 0 Å². The van der Waals surface area contributed by atoms with E-state index < -0.39 is 5.38 Å². The number of nitrogens with zero attached hydrogens (tertiary/aromatic N) is 1. The lowest BCUT2D eigenvalue weighted by Gasteiger charge is -2.06. The highest BCUT2D eigenvalue weighted by atomic mass is 35.5. The van der Waals surface area contributed by atoms with Crippen molar-refractivity contribution in [3.05, 3.63) is 17.8 Å². The zero-order valence-electron chi connectivity index (χ0n) is 9.08. The Bertz CT molecular complexity index is 334. The van der Waals surface area contributed by atoms with E-state index in [4.69, 9.17) is 16.0 Å². The molecule has 0 saturated carbocycles. The molecule has 0 saturated heterocycles. The molecule has 0 aliphatic heterocycles. The number of rotatable bonds is 4. The first-order valence-corrected chi connectivity index (χ1v) is 5.30. The second-order valence-electron chi connectivity index (χ2n) is 3.65. The van der Waals surface area contributed by atoms with Gasteiger partial charge in [-0.15, -0.1) is 11.6 Å². The molecule has 1 heterocycles. The van der Waals surface area contributed by atoms with Gasteiger partial charge in [0.1, 0.15) is 16.8 Å². The number of nitrogens with one attached hydrogen (secondary N) is 1. The van der Waals surface area contributed by atoms with Crippen LogP contribution in [0.4, 0.5) is 0 Å². The van der Waals surface area contributed by atoms with Crippen molar-refractivity contribution in [2.45, 2.75) is 38.6 Å². The first kappa shape index (κ1) is 12.0. The Labute approximate surface area is 94.0 Å². The quantitative estimate of drug-likeness (QED) is 0.806. The molecule has 0 radical (unpaired) electrons. The van der Waals surface area contributed by atoms with Crippen molar-refractivity contribution >= 4 is 17.5 Å². The number of hydrogen-bond donors (Lipinski definition) is 1. The van der Waals surface area contributed by atoms with Gasteiger partial charge >= 0.3 is 0 Å². The molecule has 0 spiro atoms. The molecule has 84 valence electrons. The summed E-state index contributed by atoms with van der Waals surface area (Å²) < 4.78 is 5.22. The van der Waals surface area contributed by atoms with Crippen molar-refractivity contribution in [3.63, 3.8) is 0 Å². The topological polar surface area (TPSA) is 55.1 Å². The lowest BCUT2D eigenvalue weighted by Crippen LogP contribution is -2.29. The van der Waals surface area contributed by atoms with Gasteiger partial charge < -0.3 is 9.73 Å². The maximum Gasteiger partial charge on any atom is 0.238 e. The molecule has 1 aromatic heterocycles. The van der Waals surface area contributed by atoms with E-state index in [1.54, 1.807) is 6.92 Å². The summed E-state index contributed by atoms with van der Waals surface area (Å²) in [7, 11) is 0. The van der Waals surface area contributed by atoms with Crippen LogP contribution < -0.4 is 5.32 Å². The van der Waals surface area contributed by atoms with Gasteiger partial charge in [0, 0.05) is 5.92 Å². The first-order valence-electron chi connectivity index (χ1n) is 4.86. The van der Waals surface area contributed by atoms with Crippen LogP contribution in [0.3, 0.4) is 0 Å². The standard InChI is InChI=1S/C10H15ClN2O2/c1-6(2)9-8(13-5-15-9)4-12-10(14)7(3)11/h5-7H,4H2,1-3H3,(H,12,14). The molecule has 0 aliphatic rings. The molecular weight excluding hydrogens is 216 g/mol. The van der Waals surface area contributed by atoms with Gasteiger partial charge in [-0.1, -0.05) is 13.8 Å².